The predicted octanol–water partition coefficient (Wildman–Crippen LogP) is 5.08. The number of amides is 1. The molecule has 1 N–H and O–H groups in total. The lowest BCUT2D eigenvalue weighted by atomic mass is 10.2. The molecule has 16 heteroatoms. The van der Waals surface area contributed by atoms with E-state index in [9.17, 15) is 26.7 Å². The zero-order valence-electron chi connectivity index (χ0n) is 20.9. The van der Waals surface area contributed by atoms with Crippen LogP contribution in [0.5, 0.6) is 0 Å². The highest BCUT2D eigenvalue weighted by Crippen LogP contribution is 2.40. The Hall–Kier alpha value is -3.95. The van der Waals surface area contributed by atoms with Gasteiger partial charge in [-0.15, -0.1) is 21.5 Å². The summed E-state index contributed by atoms with van der Waals surface area (Å²) in [6.07, 6.45) is 3.05. The van der Waals surface area contributed by atoms with Crippen molar-refractivity contribution in [2.75, 3.05) is 23.3 Å². The molecule has 4 aromatic heterocycles. The molecular weight excluding hydrogens is 557 g/mol. The van der Waals surface area contributed by atoms with E-state index in [-0.39, 0.29) is 35.3 Å². The third-order valence-electron chi connectivity index (χ3n) is 6.88. The van der Waals surface area contributed by atoms with E-state index < -0.39 is 30.6 Å². The minimum Gasteiger partial charge on any atom is -0.362 e. The fourth-order valence-electron chi connectivity index (χ4n) is 4.46. The van der Waals surface area contributed by atoms with Crippen LogP contribution in [0.4, 0.5) is 33.5 Å². The first kappa shape index (κ1) is 26.3. The van der Waals surface area contributed by atoms with Crippen LogP contribution in [0.2, 0.25) is 0 Å². The summed E-state index contributed by atoms with van der Waals surface area (Å²) >= 11 is 0.990. The minimum atomic E-state index is -4.51. The van der Waals surface area contributed by atoms with Crippen LogP contribution >= 0.6 is 11.3 Å². The number of hydrogen-bond donors (Lipinski definition) is 1. The molecule has 6 rings (SSSR count). The molecule has 2 aliphatic rings. The largest absolute Gasteiger partial charge is 0.408 e. The fraction of sp³-hybridized carbons (Fsp3) is 0.417. The van der Waals surface area contributed by atoms with Crippen molar-refractivity contribution >= 4 is 28.7 Å². The van der Waals surface area contributed by atoms with Crippen LogP contribution in [0.15, 0.2) is 36.5 Å². The number of halogens is 5. The van der Waals surface area contributed by atoms with Gasteiger partial charge in [0.05, 0.1) is 36.1 Å². The van der Waals surface area contributed by atoms with Gasteiger partial charge < -0.3 is 14.8 Å². The summed E-state index contributed by atoms with van der Waals surface area (Å²) in [7, 11) is 0. The Balaban J connectivity index is 1.26. The monoisotopic (exact) mass is 579 g/mol. The van der Waals surface area contributed by atoms with Gasteiger partial charge in [-0.3, -0.25) is 9.36 Å². The molecular formula is C24H22F5N9OS. The number of aromatic nitrogens is 7. The maximum absolute atomic E-state index is 14.0. The number of imidazole rings is 1. The average molecular weight is 580 g/mol. The highest BCUT2D eigenvalue weighted by atomic mass is 32.1. The van der Waals surface area contributed by atoms with Crippen molar-refractivity contribution in [2.24, 2.45) is 0 Å². The second kappa shape index (κ2) is 9.60. The summed E-state index contributed by atoms with van der Waals surface area (Å²) < 4.78 is 70.3. The summed E-state index contributed by atoms with van der Waals surface area (Å²) in [6.45, 7) is 0.653. The SMILES string of the molecule is CC(n1cnnc1-c1nc(NC(=O)c2cc(-n3cnc(C4CC4)c3)c(N3CCC(F)(F)C3)cn2)cs1)C(F)(F)F. The Labute approximate surface area is 227 Å². The first-order valence-electron chi connectivity index (χ1n) is 12.4. The fourth-order valence-corrected chi connectivity index (χ4v) is 5.20. The summed E-state index contributed by atoms with van der Waals surface area (Å²) in [5.41, 5.74) is 1.81. The number of pyridine rings is 1. The summed E-state index contributed by atoms with van der Waals surface area (Å²) in [5, 5.41) is 11.5. The van der Waals surface area contributed by atoms with E-state index in [1.54, 1.807) is 10.9 Å². The second-order valence-electron chi connectivity index (χ2n) is 9.84. The molecule has 210 valence electrons. The van der Waals surface area contributed by atoms with Crippen molar-refractivity contribution in [3.63, 3.8) is 0 Å². The number of thiazole rings is 1. The van der Waals surface area contributed by atoms with Gasteiger partial charge in [0.2, 0.25) is 0 Å². The van der Waals surface area contributed by atoms with Gasteiger partial charge in [-0.25, -0.2) is 23.7 Å². The van der Waals surface area contributed by atoms with Gasteiger partial charge in [0.15, 0.2) is 10.8 Å². The van der Waals surface area contributed by atoms with E-state index in [1.807, 2.05) is 6.20 Å². The number of carbonyl (C=O) groups excluding carboxylic acids is 1. The van der Waals surface area contributed by atoms with Gasteiger partial charge in [0, 0.05) is 30.5 Å². The molecule has 1 amide bonds. The lowest BCUT2D eigenvalue weighted by Gasteiger charge is -2.22. The van der Waals surface area contributed by atoms with Crippen molar-refractivity contribution in [1.82, 2.24) is 34.3 Å². The normalized spacial score (nSPS) is 17.8. The van der Waals surface area contributed by atoms with Crippen LogP contribution in [0.1, 0.15) is 54.3 Å². The summed E-state index contributed by atoms with van der Waals surface area (Å²) in [5.74, 6) is -3.09. The van der Waals surface area contributed by atoms with Crippen LogP contribution in [0.3, 0.4) is 0 Å². The quantitative estimate of drug-likeness (QED) is 0.305. The number of nitrogens with zero attached hydrogens (tertiary/aromatic N) is 8. The van der Waals surface area contributed by atoms with Gasteiger partial charge in [-0.2, -0.15) is 13.2 Å². The number of carbonyl (C=O) groups is 1. The third-order valence-corrected chi connectivity index (χ3v) is 7.72. The number of nitrogens with one attached hydrogen (secondary N) is 1. The zero-order valence-corrected chi connectivity index (χ0v) is 21.8. The Morgan fingerprint density at radius 1 is 1.20 bits per heavy atom. The van der Waals surface area contributed by atoms with E-state index in [0.29, 0.717) is 17.3 Å². The van der Waals surface area contributed by atoms with Crippen LogP contribution in [-0.2, 0) is 0 Å². The molecule has 1 aliphatic carbocycles. The maximum Gasteiger partial charge on any atom is 0.408 e. The van der Waals surface area contributed by atoms with Gasteiger partial charge in [0.25, 0.3) is 11.8 Å². The zero-order chi connectivity index (χ0) is 28.2. The number of anilines is 2. The number of hydrogen-bond acceptors (Lipinski definition) is 8. The molecule has 40 heavy (non-hydrogen) atoms. The van der Waals surface area contributed by atoms with Gasteiger partial charge in [-0.1, -0.05) is 0 Å². The van der Waals surface area contributed by atoms with Crippen LogP contribution in [0, 0.1) is 0 Å². The smallest absolute Gasteiger partial charge is 0.362 e. The van der Waals surface area contributed by atoms with Crippen LogP contribution in [0.25, 0.3) is 16.5 Å². The van der Waals surface area contributed by atoms with E-state index in [4.69, 9.17) is 0 Å². The summed E-state index contributed by atoms with van der Waals surface area (Å²) in [4.78, 5) is 27.5. The molecule has 0 radical (unpaired) electrons. The topological polar surface area (TPSA) is 107 Å². The first-order chi connectivity index (χ1) is 19.0. The predicted molar refractivity (Wildman–Crippen MR) is 135 cm³/mol. The van der Waals surface area contributed by atoms with Crippen molar-refractivity contribution < 1.29 is 26.7 Å². The van der Waals surface area contributed by atoms with Gasteiger partial charge in [-0.05, 0) is 25.8 Å². The molecule has 4 aromatic rings. The molecule has 0 bridgehead atoms. The summed E-state index contributed by atoms with van der Waals surface area (Å²) in [6, 6.07) is -0.381. The van der Waals surface area contributed by atoms with E-state index in [1.165, 1.54) is 22.5 Å². The van der Waals surface area contributed by atoms with Crippen molar-refractivity contribution in [3.05, 3.63) is 47.9 Å². The Kier molecular flexibility index (Phi) is 6.31. The second-order valence-corrected chi connectivity index (χ2v) is 10.7. The molecule has 0 aromatic carbocycles. The number of rotatable bonds is 7. The Bertz CT molecular complexity index is 1560. The lowest BCUT2D eigenvalue weighted by molar-refractivity contribution is -0.162. The molecule has 1 saturated carbocycles. The van der Waals surface area contributed by atoms with E-state index in [0.717, 1.165) is 47.7 Å². The Morgan fingerprint density at radius 3 is 2.70 bits per heavy atom. The molecule has 10 nitrogen and oxygen atoms in total. The van der Waals surface area contributed by atoms with Gasteiger partial charge >= 0.3 is 6.18 Å². The number of alkyl halides is 5. The molecule has 1 saturated heterocycles. The first-order valence-corrected chi connectivity index (χ1v) is 13.3. The molecule has 2 fully saturated rings. The molecule has 1 unspecified atom stereocenters. The highest BCUT2D eigenvalue weighted by Gasteiger charge is 2.40. The van der Waals surface area contributed by atoms with Crippen LogP contribution < -0.4 is 10.2 Å². The highest BCUT2D eigenvalue weighted by molar-refractivity contribution is 7.13. The minimum absolute atomic E-state index is 0.00482. The molecule has 0 spiro atoms. The van der Waals surface area contributed by atoms with Crippen molar-refractivity contribution in [2.45, 2.75) is 50.2 Å². The van der Waals surface area contributed by atoms with Crippen molar-refractivity contribution in [3.8, 4) is 16.5 Å². The van der Waals surface area contributed by atoms with E-state index >= 15 is 0 Å². The van der Waals surface area contributed by atoms with Crippen LogP contribution in [-0.4, -0.2) is 65.4 Å². The van der Waals surface area contributed by atoms with E-state index in [2.05, 4.69) is 30.5 Å². The standard InChI is InChI=1S/C24H22F5N9OS/c1-13(24(27,28)29)38-12-32-35-20(38)22-34-19(9-40-22)33-21(39)15-6-17(37-8-16(31-11-37)14-2-3-14)18(7-30-15)36-5-4-23(25,26)10-36/h6-9,11-14H,2-5,10H2,1H3,(H,33,39). The molecule has 5 heterocycles. The Morgan fingerprint density at radius 2 is 2.00 bits per heavy atom. The molecule has 1 atom stereocenters. The van der Waals surface area contributed by atoms with Crippen molar-refractivity contribution in [1.29, 1.82) is 0 Å². The van der Waals surface area contributed by atoms with Gasteiger partial charge in [0.1, 0.15) is 23.9 Å². The average Bonchev–Trinajstić information content (AvgIpc) is 3.30. The third kappa shape index (κ3) is 5.14. The maximum atomic E-state index is 14.0. The molecule has 1 aliphatic heterocycles. The lowest BCUT2D eigenvalue weighted by Crippen LogP contribution is -2.26.